The molecule has 42 heavy (non-hydrogen) atoms. The zero-order chi connectivity index (χ0) is 29.5. The van der Waals surface area contributed by atoms with E-state index in [4.69, 9.17) is 4.74 Å². The normalized spacial score (nSPS) is 14.0. The summed E-state index contributed by atoms with van der Waals surface area (Å²) in [6, 6.07) is 33.9. The molecule has 0 N–H and O–H groups in total. The molecule has 0 aromatic heterocycles. The summed E-state index contributed by atoms with van der Waals surface area (Å²) in [5.41, 5.74) is 11.2. The van der Waals surface area contributed by atoms with Gasteiger partial charge in [-0.05, 0) is 87.7 Å². The lowest BCUT2D eigenvalue weighted by atomic mass is 9.69. The summed E-state index contributed by atoms with van der Waals surface area (Å²) >= 11 is 0. The third-order valence-electron chi connectivity index (χ3n) is 9.37. The monoisotopic (exact) mass is 558 g/mol. The van der Waals surface area contributed by atoms with E-state index in [1.807, 2.05) is 0 Å². The molecule has 1 aliphatic rings. The van der Waals surface area contributed by atoms with Crippen LogP contribution in [0.15, 0.2) is 91.0 Å². The molecule has 0 amide bonds. The zero-order valence-corrected chi connectivity index (χ0v) is 26.6. The van der Waals surface area contributed by atoms with Crippen molar-refractivity contribution >= 4 is 0 Å². The molecule has 0 radical (unpaired) electrons. The maximum absolute atomic E-state index is 6.10. The Hall–Kier alpha value is -3.32. The lowest BCUT2D eigenvalue weighted by Crippen LogP contribution is -2.25. The second-order valence-corrected chi connectivity index (χ2v) is 13.0. The molecule has 0 saturated carbocycles. The lowest BCUT2D eigenvalue weighted by Gasteiger charge is -2.33. The van der Waals surface area contributed by atoms with Gasteiger partial charge in [0.15, 0.2) is 0 Å². The quantitative estimate of drug-likeness (QED) is 0.149. The van der Waals surface area contributed by atoms with Crippen LogP contribution in [0, 0.1) is 11.8 Å². The van der Waals surface area contributed by atoms with Gasteiger partial charge in [0, 0.05) is 5.41 Å². The first-order chi connectivity index (χ1) is 20.5. The lowest BCUT2D eigenvalue weighted by molar-refractivity contribution is 0.276. The van der Waals surface area contributed by atoms with Crippen LogP contribution in [0.1, 0.15) is 97.1 Å². The van der Waals surface area contributed by atoms with Gasteiger partial charge in [0.1, 0.15) is 5.75 Å². The van der Waals surface area contributed by atoms with E-state index < -0.39 is 0 Å². The Morgan fingerprint density at radius 2 is 1.19 bits per heavy atom. The highest BCUT2D eigenvalue weighted by Gasteiger charge is 2.43. The van der Waals surface area contributed by atoms with Crippen LogP contribution in [0.5, 0.6) is 5.75 Å². The summed E-state index contributed by atoms with van der Waals surface area (Å²) in [5.74, 6) is 2.49. The molecule has 0 aliphatic heterocycles. The summed E-state index contributed by atoms with van der Waals surface area (Å²) in [6.07, 6.45) is 9.80. The maximum atomic E-state index is 6.10. The van der Waals surface area contributed by atoms with Gasteiger partial charge in [0.25, 0.3) is 0 Å². The second kappa shape index (κ2) is 13.8. The molecule has 0 fully saturated rings. The molecule has 1 aliphatic carbocycles. The van der Waals surface area contributed by atoms with Gasteiger partial charge in [-0.15, -0.1) is 0 Å². The molecular weight excluding hydrogens is 508 g/mol. The molecule has 4 aromatic rings. The van der Waals surface area contributed by atoms with Crippen molar-refractivity contribution < 1.29 is 4.74 Å². The Labute approximate surface area is 255 Å². The van der Waals surface area contributed by atoms with E-state index >= 15 is 0 Å². The van der Waals surface area contributed by atoms with Gasteiger partial charge in [-0.25, -0.2) is 0 Å². The van der Waals surface area contributed by atoms with Gasteiger partial charge in [0.05, 0.1) is 6.61 Å². The fraction of sp³-hybridized carbons (Fsp3) is 0.415. The molecule has 0 heterocycles. The van der Waals surface area contributed by atoms with Crippen LogP contribution in [-0.2, 0) is 5.41 Å². The fourth-order valence-corrected chi connectivity index (χ4v) is 7.28. The Balaban J connectivity index is 1.32. The van der Waals surface area contributed by atoms with E-state index in [9.17, 15) is 0 Å². The minimum Gasteiger partial charge on any atom is -0.494 e. The fourth-order valence-electron chi connectivity index (χ4n) is 7.28. The number of rotatable bonds is 14. The van der Waals surface area contributed by atoms with Crippen molar-refractivity contribution in [2.45, 2.75) is 91.4 Å². The number of fused-ring (bicyclic) bond motifs is 3. The first kappa shape index (κ1) is 30.1. The summed E-state index contributed by atoms with van der Waals surface area (Å²) in [6.45, 7) is 12.4. The molecule has 1 heteroatoms. The van der Waals surface area contributed by atoms with Gasteiger partial charge in [0.2, 0.25) is 0 Å². The minimum absolute atomic E-state index is 0.0897. The van der Waals surface area contributed by atoms with Crippen molar-refractivity contribution in [1.82, 2.24) is 0 Å². The van der Waals surface area contributed by atoms with Gasteiger partial charge < -0.3 is 4.74 Å². The molecule has 0 unspecified atom stereocenters. The average Bonchev–Trinajstić information content (AvgIpc) is 3.27. The average molecular weight is 559 g/mol. The Bertz CT molecular complexity index is 1420. The van der Waals surface area contributed by atoms with Gasteiger partial charge in [-0.3, -0.25) is 0 Å². The van der Waals surface area contributed by atoms with Crippen LogP contribution < -0.4 is 4.74 Å². The number of hydrogen-bond donors (Lipinski definition) is 0. The van der Waals surface area contributed by atoms with Crippen molar-refractivity contribution in [3.8, 4) is 39.1 Å². The van der Waals surface area contributed by atoms with Crippen LogP contribution in [0.3, 0.4) is 0 Å². The highest BCUT2D eigenvalue weighted by molar-refractivity contribution is 5.88. The molecule has 0 spiro atoms. The minimum atomic E-state index is 0.0897. The predicted molar refractivity (Wildman–Crippen MR) is 181 cm³/mol. The summed E-state index contributed by atoms with van der Waals surface area (Å²) in [7, 11) is 0. The number of hydrogen-bond acceptors (Lipinski definition) is 1. The van der Waals surface area contributed by atoms with E-state index in [-0.39, 0.29) is 5.41 Å². The Morgan fingerprint density at radius 3 is 1.86 bits per heavy atom. The SMILES string of the molecule is CCCC1(CCC)c2ccccc2-c2cccc(-c3ccc(-c4ccc(OCC[C@@H](C)CCCC(C)C)cc4)cc3)c21. The summed E-state index contributed by atoms with van der Waals surface area (Å²) in [4.78, 5) is 0. The van der Waals surface area contributed by atoms with Crippen molar-refractivity contribution in [1.29, 1.82) is 0 Å². The molecule has 220 valence electrons. The highest BCUT2D eigenvalue weighted by atomic mass is 16.5. The van der Waals surface area contributed by atoms with E-state index in [0.717, 1.165) is 30.6 Å². The molecule has 4 aromatic carbocycles. The summed E-state index contributed by atoms with van der Waals surface area (Å²) in [5, 5.41) is 0. The van der Waals surface area contributed by atoms with Gasteiger partial charge in [-0.1, -0.05) is 146 Å². The van der Waals surface area contributed by atoms with E-state index in [1.165, 1.54) is 83.9 Å². The van der Waals surface area contributed by atoms with Crippen molar-refractivity contribution in [2.75, 3.05) is 6.61 Å². The first-order valence-corrected chi connectivity index (χ1v) is 16.5. The van der Waals surface area contributed by atoms with Crippen LogP contribution in [0.25, 0.3) is 33.4 Å². The molecular formula is C41H50O. The van der Waals surface area contributed by atoms with Gasteiger partial charge in [-0.2, -0.15) is 0 Å². The standard InChI is InChI=1S/C41H50O/c1-6-27-41(28-7-2)39-17-9-8-14-37(39)38-16-11-15-36(40(38)41)34-20-18-32(19-21-34)33-22-24-35(25-23-33)42-29-26-31(5)13-10-12-30(3)4/h8-9,11,14-25,30-31H,6-7,10,12-13,26-29H2,1-5H3/t31-/m0/s1. The zero-order valence-electron chi connectivity index (χ0n) is 26.6. The Kier molecular flexibility index (Phi) is 9.88. The first-order valence-electron chi connectivity index (χ1n) is 16.5. The number of ether oxygens (including phenoxy) is 1. The van der Waals surface area contributed by atoms with Crippen LogP contribution in [0.4, 0.5) is 0 Å². The third-order valence-corrected chi connectivity index (χ3v) is 9.37. The van der Waals surface area contributed by atoms with Crippen molar-refractivity contribution in [3.63, 3.8) is 0 Å². The molecule has 1 nitrogen and oxygen atoms in total. The Morgan fingerprint density at radius 1 is 0.595 bits per heavy atom. The topological polar surface area (TPSA) is 9.23 Å². The van der Waals surface area contributed by atoms with E-state index in [1.54, 1.807) is 5.56 Å². The predicted octanol–water partition coefficient (Wildman–Crippen LogP) is 12.1. The van der Waals surface area contributed by atoms with Crippen LogP contribution >= 0.6 is 0 Å². The maximum Gasteiger partial charge on any atom is 0.119 e. The van der Waals surface area contributed by atoms with Gasteiger partial charge >= 0.3 is 0 Å². The third kappa shape index (κ3) is 6.36. The van der Waals surface area contributed by atoms with Crippen molar-refractivity contribution in [2.24, 2.45) is 11.8 Å². The number of benzene rings is 4. The largest absolute Gasteiger partial charge is 0.494 e. The van der Waals surface area contributed by atoms with Crippen LogP contribution in [-0.4, -0.2) is 6.61 Å². The second-order valence-electron chi connectivity index (χ2n) is 13.0. The molecule has 1 atom stereocenters. The van der Waals surface area contributed by atoms with E-state index in [2.05, 4.69) is 126 Å². The summed E-state index contributed by atoms with van der Waals surface area (Å²) < 4.78 is 6.10. The smallest absolute Gasteiger partial charge is 0.119 e. The molecule has 0 saturated heterocycles. The van der Waals surface area contributed by atoms with Crippen LogP contribution in [0.2, 0.25) is 0 Å². The van der Waals surface area contributed by atoms with Crippen molar-refractivity contribution in [3.05, 3.63) is 102 Å². The van der Waals surface area contributed by atoms with E-state index in [0.29, 0.717) is 0 Å². The molecule has 5 rings (SSSR count). The molecule has 0 bridgehead atoms. The highest BCUT2D eigenvalue weighted by Crippen LogP contribution is 2.56.